The van der Waals surface area contributed by atoms with Crippen LogP contribution < -0.4 is 10.5 Å². The number of aromatic carboxylic acids is 1. The number of rotatable bonds is 3. The van der Waals surface area contributed by atoms with E-state index in [1.807, 2.05) is 6.07 Å². The molecule has 4 rings (SSSR count). The molecule has 0 radical (unpaired) electrons. The molecule has 1 heterocycles. The Labute approximate surface area is 164 Å². The maximum atomic E-state index is 11.9. The van der Waals surface area contributed by atoms with Crippen molar-refractivity contribution in [3.05, 3.63) is 92.9 Å². The fourth-order valence-corrected chi connectivity index (χ4v) is 3.62. The molecule has 0 saturated carbocycles. The van der Waals surface area contributed by atoms with Crippen molar-refractivity contribution in [2.75, 3.05) is 0 Å². The highest BCUT2D eigenvalue weighted by atomic mass is 16.6. The van der Waals surface area contributed by atoms with E-state index in [0.29, 0.717) is 27.6 Å². The molecule has 3 aromatic rings. The van der Waals surface area contributed by atoms with Gasteiger partial charge in [-0.1, -0.05) is 36.4 Å². The van der Waals surface area contributed by atoms with Crippen molar-refractivity contribution < 1.29 is 19.6 Å². The minimum Gasteiger partial charge on any atom is -0.478 e. The molecule has 0 aromatic heterocycles. The van der Waals surface area contributed by atoms with Gasteiger partial charge in [0.05, 0.1) is 16.4 Å². The Bertz CT molecular complexity index is 1270. The number of hydrogen-bond donors (Lipinski definition) is 2. The second kappa shape index (κ2) is 6.65. The summed E-state index contributed by atoms with van der Waals surface area (Å²) in [6.45, 7) is 0. The van der Waals surface area contributed by atoms with E-state index >= 15 is 0 Å². The number of benzene rings is 3. The Balaban J connectivity index is 2.07. The summed E-state index contributed by atoms with van der Waals surface area (Å²) in [6, 6.07) is 16.1. The van der Waals surface area contributed by atoms with Crippen LogP contribution in [0, 0.1) is 21.4 Å². The van der Waals surface area contributed by atoms with Crippen LogP contribution in [0.4, 0.5) is 5.69 Å². The lowest BCUT2D eigenvalue weighted by atomic mass is 9.81. The zero-order valence-corrected chi connectivity index (χ0v) is 14.8. The van der Waals surface area contributed by atoms with Crippen molar-refractivity contribution in [2.45, 2.75) is 5.92 Å². The van der Waals surface area contributed by atoms with Gasteiger partial charge >= 0.3 is 5.97 Å². The smallest absolute Gasteiger partial charge is 0.336 e. The van der Waals surface area contributed by atoms with Gasteiger partial charge in [-0.3, -0.25) is 10.1 Å². The van der Waals surface area contributed by atoms with Crippen LogP contribution in [0.15, 0.2) is 66.1 Å². The van der Waals surface area contributed by atoms with Gasteiger partial charge in [-0.25, -0.2) is 4.79 Å². The Morgan fingerprint density at radius 1 is 1.17 bits per heavy atom. The quantitative estimate of drug-likeness (QED) is 0.516. The van der Waals surface area contributed by atoms with Crippen molar-refractivity contribution in [1.29, 1.82) is 5.26 Å². The molecular weight excluding hydrogens is 374 g/mol. The van der Waals surface area contributed by atoms with Gasteiger partial charge in [0, 0.05) is 23.1 Å². The topological polar surface area (TPSA) is 139 Å². The van der Waals surface area contributed by atoms with E-state index in [1.54, 1.807) is 30.3 Å². The molecule has 3 aromatic carbocycles. The van der Waals surface area contributed by atoms with Gasteiger partial charge in [-0.15, -0.1) is 0 Å². The predicted octanol–water partition coefficient (Wildman–Crippen LogP) is 3.66. The Morgan fingerprint density at radius 2 is 1.90 bits per heavy atom. The number of nitrogens with zero attached hydrogens (tertiary/aromatic N) is 2. The molecule has 8 heteroatoms. The molecule has 1 aliphatic rings. The third-order valence-electron chi connectivity index (χ3n) is 4.87. The Hall–Kier alpha value is -4.38. The van der Waals surface area contributed by atoms with Crippen LogP contribution in [-0.2, 0) is 0 Å². The Morgan fingerprint density at radius 3 is 2.55 bits per heavy atom. The van der Waals surface area contributed by atoms with Crippen molar-refractivity contribution >= 4 is 22.4 Å². The lowest BCUT2D eigenvalue weighted by molar-refractivity contribution is -0.384. The standard InChI is InChI=1S/C21H13N3O5/c22-10-17-18(11-4-3-5-12(8-11)24(27)28)16-9-15(21(25)26)13-6-1-2-7-14(13)19(16)29-20(17)23/h1-9,18H,23H2,(H,25,26). The third-order valence-corrected chi connectivity index (χ3v) is 4.87. The Kier molecular flexibility index (Phi) is 4.13. The molecule has 1 unspecified atom stereocenters. The summed E-state index contributed by atoms with van der Waals surface area (Å²) in [4.78, 5) is 22.6. The number of nitro benzene ring substituents is 1. The summed E-state index contributed by atoms with van der Waals surface area (Å²) in [5, 5.41) is 31.6. The van der Waals surface area contributed by atoms with Crippen molar-refractivity contribution in [1.82, 2.24) is 0 Å². The number of fused-ring (bicyclic) bond motifs is 3. The number of nitrogens with two attached hydrogens (primary N) is 1. The summed E-state index contributed by atoms with van der Waals surface area (Å²) in [6.07, 6.45) is 0. The van der Waals surface area contributed by atoms with E-state index in [4.69, 9.17) is 10.5 Å². The average Bonchev–Trinajstić information content (AvgIpc) is 2.72. The third kappa shape index (κ3) is 2.82. The largest absolute Gasteiger partial charge is 0.478 e. The fourth-order valence-electron chi connectivity index (χ4n) is 3.62. The summed E-state index contributed by atoms with van der Waals surface area (Å²) >= 11 is 0. The van der Waals surface area contributed by atoms with E-state index in [1.165, 1.54) is 24.3 Å². The first-order valence-electron chi connectivity index (χ1n) is 8.53. The number of nitro groups is 1. The second-order valence-corrected chi connectivity index (χ2v) is 6.47. The van der Waals surface area contributed by atoms with Gasteiger partial charge in [0.2, 0.25) is 5.88 Å². The first kappa shape index (κ1) is 18.0. The highest BCUT2D eigenvalue weighted by Crippen LogP contribution is 2.46. The molecule has 1 aliphatic heterocycles. The number of nitriles is 1. The lowest BCUT2D eigenvalue weighted by Gasteiger charge is -2.28. The van der Waals surface area contributed by atoms with Crippen LogP contribution in [0.25, 0.3) is 10.8 Å². The van der Waals surface area contributed by atoms with Gasteiger partial charge < -0.3 is 15.6 Å². The van der Waals surface area contributed by atoms with Crippen LogP contribution in [-0.4, -0.2) is 16.0 Å². The minimum absolute atomic E-state index is 0.0381. The van der Waals surface area contributed by atoms with Gasteiger partial charge in [0.25, 0.3) is 5.69 Å². The molecule has 0 saturated heterocycles. The summed E-state index contributed by atoms with van der Waals surface area (Å²) < 4.78 is 5.72. The van der Waals surface area contributed by atoms with E-state index in [2.05, 4.69) is 0 Å². The van der Waals surface area contributed by atoms with Gasteiger partial charge in [0.15, 0.2) is 0 Å². The highest BCUT2D eigenvalue weighted by Gasteiger charge is 2.34. The van der Waals surface area contributed by atoms with Crippen LogP contribution in [0.2, 0.25) is 0 Å². The number of carboxylic acid groups (broad SMARTS) is 1. The molecular formula is C21H13N3O5. The first-order chi connectivity index (χ1) is 13.9. The summed E-state index contributed by atoms with van der Waals surface area (Å²) in [5.74, 6) is -1.72. The predicted molar refractivity (Wildman–Crippen MR) is 103 cm³/mol. The molecule has 0 bridgehead atoms. The molecule has 29 heavy (non-hydrogen) atoms. The maximum Gasteiger partial charge on any atom is 0.336 e. The number of carboxylic acids is 1. The molecule has 0 aliphatic carbocycles. The fraction of sp³-hybridized carbons (Fsp3) is 0.0476. The normalized spacial score (nSPS) is 15.3. The van der Waals surface area contributed by atoms with Crippen LogP contribution in [0.3, 0.4) is 0 Å². The van der Waals surface area contributed by atoms with Crippen molar-refractivity contribution in [3.8, 4) is 11.8 Å². The SMILES string of the molecule is N#CC1=C(N)Oc2c(cc(C(=O)O)c3ccccc23)C1c1cccc([N+](=O)[O-])c1. The number of non-ortho nitro benzene ring substituents is 1. The van der Waals surface area contributed by atoms with Gasteiger partial charge in [-0.05, 0) is 17.0 Å². The number of allylic oxidation sites excluding steroid dienone is 1. The molecule has 0 fully saturated rings. The van der Waals surface area contributed by atoms with Gasteiger partial charge in [0.1, 0.15) is 17.4 Å². The van der Waals surface area contributed by atoms with Crippen LogP contribution >= 0.6 is 0 Å². The molecule has 142 valence electrons. The van der Waals surface area contributed by atoms with Crippen LogP contribution in [0.1, 0.15) is 27.4 Å². The molecule has 1 atom stereocenters. The van der Waals surface area contributed by atoms with E-state index < -0.39 is 16.8 Å². The second-order valence-electron chi connectivity index (χ2n) is 6.47. The maximum absolute atomic E-state index is 11.9. The van der Waals surface area contributed by atoms with Crippen molar-refractivity contribution in [2.24, 2.45) is 5.73 Å². The molecule has 8 nitrogen and oxygen atoms in total. The molecule has 3 N–H and O–H groups in total. The first-order valence-corrected chi connectivity index (χ1v) is 8.53. The monoisotopic (exact) mass is 387 g/mol. The number of hydrogen-bond acceptors (Lipinski definition) is 6. The zero-order chi connectivity index (χ0) is 20.7. The van der Waals surface area contributed by atoms with Crippen LogP contribution in [0.5, 0.6) is 5.75 Å². The minimum atomic E-state index is -1.14. The molecule has 0 amide bonds. The van der Waals surface area contributed by atoms with Gasteiger partial charge in [-0.2, -0.15) is 5.26 Å². The van der Waals surface area contributed by atoms with E-state index in [-0.39, 0.29) is 22.7 Å². The van der Waals surface area contributed by atoms with Crippen molar-refractivity contribution in [3.63, 3.8) is 0 Å². The summed E-state index contributed by atoms with van der Waals surface area (Å²) in [7, 11) is 0. The zero-order valence-electron chi connectivity index (χ0n) is 14.8. The van der Waals surface area contributed by atoms with E-state index in [9.17, 15) is 25.3 Å². The van der Waals surface area contributed by atoms with E-state index in [0.717, 1.165) is 0 Å². The molecule has 0 spiro atoms. The highest BCUT2D eigenvalue weighted by molar-refractivity contribution is 6.06. The lowest BCUT2D eigenvalue weighted by Crippen LogP contribution is -2.22. The summed E-state index contributed by atoms with van der Waals surface area (Å²) in [5.41, 5.74) is 6.80. The number of carbonyl (C=O) groups is 1. The average molecular weight is 387 g/mol. The number of ether oxygens (including phenoxy) is 1.